The number of carbonyl (C=O) groups excluding carboxylic acids is 1. The molecule has 1 fully saturated rings. The van der Waals surface area contributed by atoms with E-state index in [0.717, 1.165) is 0 Å². The lowest BCUT2D eigenvalue weighted by atomic mass is 9.95. The van der Waals surface area contributed by atoms with E-state index < -0.39 is 0 Å². The number of halogens is 1. The molecule has 1 heterocycles. The Balaban J connectivity index is 2.30. The number of hydrogen-bond acceptors (Lipinski definition) is 2. The highest BCUT2D eigenvalue weighted by Gasteiger charge is 2.23. The molecule has 0 aliphatic carbocycles. The molecule has 1 aliphatic rings. The molecule has 0 N–H and O–H groups in total. The zero-order chi connectivity index (χ0) is 10.1. The highest BCUT2D eigenvalue weighted by atomic mass is 19.1. The van der Waals surface area contributed by atoms with Gasteiger partial charge >= 0.3 is 0 Å². The van der Waals surface area contributed by atoms with Crippen LogP contribution >= 0.6 is 0 Å². The van der Waals surface area contributed by atoms with Crippen molar-refractivity contribution in [2.24, 2.45) is 0 Å². The fourth-order valence-electron chi connectivity index (χ4n) is 1.49. The molecule has 14 heavy (non-hydrogen) atoms. The third kappa shape index (κ3) is 1.55. The minimum atomic E-state index is -0.300. The summed E-state index contributed by atoms with van der Waals surface area (Å²) in [4.78, 5) is 11.0. The molecule has 0 unspecified atom stereocenters. The number of rotatable bonds is 2. The van der Waals surface area contributed by atoms with Gasteiger partial charge in [0.15, 0.2) is 5.78 Å². The molecular formula is C11H11FO2. The molecular weight excluding hydrogens is 183 g/mol. The van der Waals surface area contributed by atoms with Crippen molar-refractivity contribution in [3.63, 3.8) is 0 Å². The Hall–Kier alpha value is -1.22. The Morgan fingerprint density at radius 1 is 1.50 bits per heavy atom. The average molecular weight is 194 g/mol. The normalized spacial score (nSPS) is 16.4. The summed E-state index contributed by atoms with van der Waals surface area (Å²) in [5.41, 5.74) is 1.08. The maximum absolute atomic E-state index is 13.5. The van der Waals surface area contributed by atoms with E-state index in [-0.39, 0.29) is 17.5 Å². The van der Waals surface area contributed by atoms with E-state index in [0.29, 0.717) is 24.3 Å². The number of ether oxygens (including phenoxy) is 1. The molecule has 2 nitrogen and oxygen atoms in total. The first-order valence-electron chi connectivity index (χ1n) is 4.56. The van der Waals surface area contributed by atoms with Crippen LogP contribution in [0, 0.1) is 5.82 Å². The van der Waals surface area contributed by atoms with Crippen molar-refractivity contribution in [2.45, 2.75) is 12.8 Å². The van der Waals surface area contributed by atoms with Crippen LogP contribution in [-0.4, -0.2) is 19.0 Å². The van der Waals surface area contributed by atoms with Gasteiger partial charge in [-0.05, 0) is 18.6 Å². The van der Waals surface area contributed by atoms with Crippen LogP contribution in [0.3, 0.4) is 0 Å². The Kier molecular flexibility index (Phi) is 2.33. The highest BCUT2D eigenvalue weighted by molar-refractivity contribution is 5.94. The summed E-state index contributed by atoms with van der Waals surface area (Å²) >= 11 is 0. The second-order valence-electron chi connectivity index (χ2n) is 3.53. The van der Waals surface area contributed by atoms with Gasteiger partial charge in [0.25, 0.3) is 0 Å². The van der Waals surface area contributed by atoms with Crippen LogP contribution in [0.15, 0.2) is 18.2 Å². The highest BCUT2D eigenvalue weighted by Crippen LogP contribution is 2.26. The predicted molar refractivity (Wildman–Crippen MR) is 50.0 cm³/mol. The lowest BCUT2D eigenvalue weighted by Crippen LogP contribution is -2.26. The first kappa shape index (κ1) is 9.34. The zero-order valence-electron chi connectivity index (χ0n) is 7.92. The molecule has 0 amide bonds. The van der Waals surface area contributed by atoms with Crippen molar-refractivity contribution >= 4 is 5.78 Å². The van der Waals surface area contributed by atoms with Crippen molar-refractivity contribution in [3.8, 4) is 0 Å². The molecule has 0 bridgehead atoms. The zero-order valence-corrected chi connectivity index (χ0v) is 7.92. The quantitative estimate of drug-likeness (QED) is 0.674. The van der Waals surface area contributed by atoms with E-state index in [9.17, 15) is 9.18 Å². The fourth-order valence-corrected chi connectivity index (χ4v) is 1.49. The minimum absolute atomic E-state index is 0.111. The maximum atomic E-state index is 13.5. The van der Waals surface area contributed by atoms with Crippen LogP contribution in [0.25, 0.3) is 0 Å². The van der Waals surface area contributed by atoms with Crippen LogP contribution in [0.5, 0.6) is 0 Å². The summed E-state index contributed by atoms with van der Waals surface area (Å²) in [6, 6.07) is 4.65. The molecule has 0 saturated carbocycles. The Bertz CT molecular complexity index is 370. The number of Topliss-reactive ketones (excluding diaryl/α,β-unsaturated/α-hetero) is 1. The smallest absolute Gasteiger partial charge is 0.159 e. The molecule has 1 aliphatic heterocycles. The van der Waals surface area contributed by atoms with Gasteiger partial charge in [-0.25, -0.2) is 4.39 Å². The van der Waals surface area contributed by atoms with Gasteiger partial charge in [0.05, 0.1) is 13.2 Å². The van der Waals surface area contributed by atoms with E-state index in [2.05, 4.69) is 0 Å². The molecule has 0 radical (unpaired) electrons. The van der Waals surface area contributed by atoms with Crippen LogP contribution in [0.1, 0.15) is 28.8 Å². The Morgan fingerprint density at radius 3 is 2.64 bits per heavy atom. The monoisotopic (exact) mass is 194 g/mol. The SMILES string of the molecule is CC(=O)c1ccc(C2COC2)c(F)c1. The third-order valence-electron chi connectivity index (χ3n) is 2.48. The van der Waals surface area contributed by atoms with Gasteiger partial charge in [0, 0.05) is 11.5 Å². The predicted octanol–water partition coefficient (Wildman–Crippen LogP) is 2.14. The molecule has 0 spiro atoms. The van der Waals surface area contributed by atoms with Crippen LogP contribution in [0.4, 0.5) is 4.39 Å². The van der Waals surface area contributed by atoms with E-state index in [1.807, 2.05) is 0 Å². The van der Waals surface area contributed by atoms with Crippen molar-refractivity contribution < 1.29 is 13.9 Å². The molecule has 1 saturated heterocycles. The third-order valence-corrected chi connectivity index (χ3v) is 2.48. The van der Waals surface area contributed by atoms with Crippen LogP contribution in [-0.2, 0) is 4.74 Å². The fraction of sp³-hybridized carbons (Fsp3) is 0.364. The van der Waals surface area contributed by atoms with Gasteiger partial charge in [-0.1, -0.05) is 12.1 Å². The molecule has 1 aromatic carbocycles. The van der Waals surface area contributed by atoms with Gasteiger partial charge in [-0.15, -0.1) is 0 Å². The van der Waals surface area contributed by atoms with Gasteiger partial charge in [0.1, 0.15) is 5.82 Å². The van der Waals surface area contributed by atoms with Crippen LogP contribution < -0.4 is 0 Å². The largest absolute Gasteiger partial charge is 0.380 e. The number of ketones is 1. The summed E-state index contributed by atoms with van der Waals surface area (Å²) in [5, 5.41) is 0. The summed E-state index contributed by atoms with van der Waals surface area (Å²) in [7, 11) is 0. The molecule has 0 aromatic heterocycles. The van der Waals surface area contributed by atoms with Crippen LogP contribution in [0.2, 0.25) is 0 Å². The molecule has 0 atom stereocenters. The summed E-state index contributed by atoms with van der Waals surface area (Å²) < 4.78 is 18.5. The first-order valence-corrected chi connectivity index (χ1v) is 4.56. The van der Waals surface area contributed by atoms with Gasteiger partial charge in [-0.2, -0.15) is 0 Å². The van der Waals surface area contributed by atoms with Crippen molar-refractivity contribution in [2.75, 3.05) is 13.2 Å². The summed E-state index contributed by atoms with van der Waals surface area (Å²) in [6.45, 7) is 2.59. The maximum Gasteiger partial charge on any atom is 0.159 e. The van der Waals surface area contributed by atoms with E-state index >= 15 is 0 Å². The molecule has 1 aromatic rings. The van der Waals surface area contributed by atoms with Crippen molar-refractivity contribution in [3.05, 3.63) is 35.1 Å². The Morgan fingerprint density at radius 2 is 2.21 bits per heavy atom. The lowest BCUT2D eigenvalue weighted by Gasteiger charge is -2.26. The number of carbonyl (C=O) groups is 1. The van der Waals surface area contributed by atoms with E-state index in [4.69, 9.17) is 4.74 Å². The second kappa shape index (κ2) is 3.50. The summed E-state index contributed by atoms with van der Waals surface area (Å²) in [5.74, 6) is -0.248. The second-order valence-corrected chi connectivity index (χ2v) is 3.53. The standard InChI is InChI=1S/C11H11FO2/c1-7(13)8-2-3-10(11(12)4-8)9-5-14-6-9/h2-4,9H,5-6H2,1H3. The number of benzene rings is 1. The molecule has 74 valence electrons. The van der Waals surface area contributed by atoms with Crippen molar-refractivity contribution in [1.29, 1.82) is 0 Å². The first-order chi connectivity index (χ1) is 6.68. The van der Waals surface area contributed by atoms with Crippen molar-refractivity contribution in [1.82, 2.24) is 0 Å². The van der Waals surface area contributed by atoms with E-state index in [1.54, 1.807) is 12.1 Å². The minimum Gasteiger partial charge on any atom is -0.380 e. The average Bonchev–Trinajstić information content (AvgIpc) is 2.04. The summed E-state index contributed by atoms with van der Waals surface area (Å²) in [6.07, 6.45) is 0. The molecule has 3 heteroatoms. The lowest BCUT2D eigenvalue weighted by molar-refractivity contribution is 0.00703. The Labute approximate surface area is 81.7 Å². The van der Waals surface area contributed by atoms with Gasteiger partial charge in [0.2, 0.25) is 0 Å². The number of hydrogen-bond donors (Lipinski definition) is 0. The topological polar surface area (TPSA) is 26.3 Å². The molecule has 2 rings (SSSR count). The van der Waals surface area contributed by atoms with E-state index in [1.165, 1.54) is 13.0 Å². The van der Waals surface area contributed by atoms with Gasteiger partial charge < -0.3 is 4.74 Å². The van der Waals surface area contributed by atoms with Gasteiger partial charge in [-0.3, -0.25) is 4.79 Å².